The van der Waals surface area contributed by atoms with Gasteiger partial charge >= 0.3 is 0 Å². The average molecular weight is 482 g/mol. The molecule has 4 rings (SSSR count). The fraction of sp³-hybridized carbons (Fsp3) is 0.231. The van der Waals surface area contributed by atoms with E-state index < -0.39 is 17.7 Å². The Labute approximate surface area is 202 Å². The molecule has 176 valence electrons. The van der Waals surface area contributed by atoms with Crippen LogP contribution in [-0.2, 0) is 9.59 Å². The molecule has 1 N–H and O–H groups in total. The molecule has 3 aromatic rings. The molecule has 8 heteroatoms. The van der Waals surface area contributed by atoms with Crippen LogP contribution < -0.4 is 14.4 Å². The molecule has 1 saturated heterocycles. The van der Waals surface area contributed by atoms with Crippen LogP contribution in [0.2, 0.25) is 5.02 Å². The molecule has 0 aliphatic carbocycles. The number of benzene rings is 2. The second-order valence-corrected chi connectivity index (χ2v) is 8.03. The van der Waals surface area contributed by atoms with Gasteiger partial charge in [0.25, 0.3) is 11.7 Å². The number of aliphatic hydroxyl groups excluding tert-OH is 1. The zero-order valence-corrected chi connectivity index (χ0v) is 19.8. The van der Waals surface area contributed by atoms with Crippen LogP contribution >= 0.6 is 11.6 Å². The lowest BCUT2D eigenvalue weighted by atomic mass is 9.99. The molecule has 1 amide bonds. The topological polar surface area (TPSA) is 89.2 Å². The summed E-state index contributed by atoms with van der Waals surface area (Å²) < 4.78 is 16.8. The largest absolute Gasteiger partial charge is 0.507 e. The highest BCUT2D eigenvalue weighted by Crippen LogP contribution is 2.43. The number of halogens is 1. The molecule has 2 aromatic carbocycles. The van der Waals surface area contributed by atoms with Crippen molar-refractivity contribution in [1.82, 2.24) is 0 Å². The van der Waals surface area contributed by atoms with Crippen molar-refractivity contribution in [1.29, 1.82) is 0 Å². The number of hydrogen-bond donors (Lipinski definition) is 1. The smallest absolute Gasteiger partial charge is 0.300 e. The van der Waals surface area contributed by atoms with Gasteiger partial charge in [0.15, 0.2) is 0 Å². The Kier molecular flexibility index (Phi) is 6.65. The molecule has 1 aliphatic heterocycles. The first-order valence-corrected chi connectivity index (χ1v) is 11.3. The van der Waals surface area contributed by atoms with Gasteiger partial charge in [0, 0.05) is 11.3 Å². The van der Waals surface area contributed by atoms with Crippen molar-refractivity contribution < 1.29 is 28.6 Å². The Bertz CT molecular complexity index is 1260. The molecule has 1 atom stereocenters. The monoisotopic (exact) mass is 481 g/mol. The van der Waals surface area contributed by atoms with Crippen molar-refractivity contribution >= 4 is 34.7 Å². The van der Waals surface area contributed by atoms with E-state index in [1.807, 2.05) is 13.8 Å². The van der Waals surface area contributed by atoms with Crippen molar-refractivity contribution in [2.45, 2.75) is 26.8 Å². The number of furan rings is 1. The van der Waals surface area contributed by atoms with E-state index in [-0.39, 0.29) is 11.3 Å². The van der Waals surface area contributed by atoms with Crippen LogP contribution in [0.1, 0.15) is 37.0 Å². The molecule has 0 bridgehead atoms. The lowest BCUT2D eigenvalue weighted by Gasteiger charge is -2.23. The number of anilines is 1. The molecule has 0 saturated carbocycles. The number of aryl methyl sites for hydroxylation is 1. The first-order chi connectivity index (χ1) is 16.3. The predicted molar refractivity (Wildman–Crippen MR) is 128 cm³/mol. The van der Waals surface area contributed by atoms with Crippen molar-refractivity contribution in [3.8, 4) is 11.5 Å². The molecule has 1 unspecified atom stereocenters. The molecule has 1 aliphatic rings. The van der Waals surface area contributed by atoms with Crippen LogP contribution in [0.4, 0.5) is 5.69 Å². The van der Waals surface area contributed by atoms with Gasteiger partial charge in [0.1, 0.15) is 34.8 Å². The highest BCUT2D eigenvalue weighted by atomic mass is 35.5. The predicted octanol–water partition coefficient (Wildman–Crippen LogP) is 5.67. The maximum absolute atomic E-state index is 13.2. The van der Waals surface area contributed by atoms with Crippen molar-refractivity contribution in [3.63, 3.8) is 0 Å². The van der Waals surface area contributed by atoms with E-state index >= 15 is 0 Å². The van der Waals surface area contributed by atoms with E-state index in [0.29, 0.717) is 52.5 Å². The van der Waals surface area contributed by atoms with Crippen molar-refractivity contribution in [2.75, 3.05) is 18.1 Å². The van der Waals surface area contributed by atoms with Crippen LogP contribution in [0.25, 0.3) is 5.76 Å². The number of Topliss-reactive ketones (excluding diaryl/α,β-unsaturated/α-hetero) is 1. The van der Waals surface area contributed by atoms with Crippen LogP contribution in [0, 0.1) is 6.92 Å². The number of hydrogen-bond acceptors (Lipinski definition) is 6. The third-order valence-electron chi connectivity index (χ3n) is 5.41. The quantitative estimate of drug-likeness (QED) is 0.266. The molecule has 1 aromatic heterocycles. The lowest BCUT2D eigenvalue weighted by Crippen LogP contribution is -2.29. The minimum atomic E-state index is -0.960. The summed E-state index contributed by atoms with van der Waals surface area (Å²) in [5.74, 6) is 0.0197. The Hall–Kier alpha value is -3.71. The lowest BCUT2D eigenvalue weighted by molar-refractivity contribution is -0.132. The number of carbonyl (C=O) groups excluding carboxylic acids is 2. The molecule has 7 nitrogen and oxygen atoms in total. The standard InChI is InChI=1S/C26H24ClNO6/c1-4-32-18-10-8-17(9-11-18)28-23(20-13-6-15(3)34-20)22(25(30)26(28)31)24(29)16-7-12-19(27)21(14-16)33-5-2/h6-14,23,29H,4-5H2,1-3H3/b24-22-. The Balaban J connectivity index is 1.87. The fourth-order valence-electron chi connectivity index (χ4n) is 3.91. The zero-order chi connectivity index (χ0) is 24.4. The highest BCUT2D eigenvalue weighted by Gasteiger charge is 2.48. The molecule has 2 heterocycles. The maximum Gasteiger partial charge on any atom is 0.300 e. The highest BCUT2D eigenvalue weighted by molar-refractivity contribution is 6.51. The van der Waals surface area contributed by atoms with Crippen LogP contribution in [0.5, 0.6) is 11.5 Å². The molecule has 34 heavy (non-hydrogen) atoms. The summed E-state index contributed by atoms with van der Waals surface area (Å²) in [7, 11) is 0. The van der Waals surface area contributed by atoms with E-state index in [9.17, 15) is 14.7 Å². The number of ether oxygens (including phenoxy) is 2. The number of ketones is 1. The molecule has 0 radical (unpaired) electrons. The van der Waals surface area contributed by atoms with Crippen molar-refractivity contribution in [2.24, 2.45) is 0 Å². The minimum absolute atomic E-state index is 0.0852. The molecular weight excluding hydrogens is 458 g/mol. The normalized spacial score (nSPS) is 17.3. The van der Waals surface area contributed by atoms with Gasteiger partial charge in [-0.15, -0.1) is 0 Å². The van der Waals surface area contributed by atoms with E-state index in [4.69, 9.17) is 25.5 Å². The van der Waals surface area contributed by atoms with Crippen LogP contribution in [0.3, 0.4) is 0 Å². The summed E-state index contributed by atoms with van der Waals surface area (Å²) in [4.78, 5) is 27.7. The third kappa shape index (κ3) is 4.26. The number of amides is 1. The summed E-state index contributed by atoms with van der Waals surface area (Å²) in [6.45, 7) is 6.32. The Morgan fingerprint density at radius 1 is 1.03 bits per heavy atom. The number of nitrogens with zero attached hydrogens (tertiary/aromatic N) is 1. The van der Waals surface area contributed by atoms with Crippen molar-refractivity contribution in [3.05, 3.63) is 82.3 Å². The maximum atomic E-state index is 13.2. The fourth-order valence-corrected chi connectivity index (χ4v) is 4.08. The minimum Gasteiger partial charge on any atom is -0.507 e. The number of aliphatic hydroxyl groups is 1. The molecule has 1 fully saturated rings. The average Bonchev–Trinajstić information content (AvgIpc) is 3.36. The summed E-state index contributed by atoms with van der Waals surface area (Å²) in [5.41, 5.74) is 0.679. The summed E-state index contributed by atoms with van der Waals surface area (Å²) >= 11 is 6.18. The van der Waals surface area contributed by atoms with Crippen LogP contribution in [-0.4, -0.2) is 30.0 Å². The number of carbonyl (C=O) groups is 2. The van der Waals surface area contributed by atoms with Gasteiger partial charge in [-0.2, -0.15) is 0 Å². The molecule has 0 spiro atoms. The van der Waals surface area contributed by atoms with Gasteiger partial charge in [0.2, 0.25) is 0 Å². The summed E-state index contributed by atoms with van der Waals surface area (Å²) in [5, 5.41) is 11.6. The van der Waals surface area contributed by atoms with Gasteiger partial charge in [-0.3, -0.25) is 14.5 Å². The molecular formula is C26H24ClNO6. The zero-order valence-electron chi connectivity index (χ0n) is 19.0. The van der Waals surface area contributed by atoms with Gasteiger partial charge in [-0.05, 0) is 75.4 Å². The first kappa shape index (κ1) is 23.4. The number of rotatable bonds is 7. The summed E-state index contributed by atoms with van der Waals surface area (Å²) in [6, 6.07) is 13.9. The van der Waals surface area contributed by atoms with E-state index in [1.165, 1.54) is 11.0 Å². The van der Waals surface area contributed by atoms with Gasteiger partial charge in [-0.1, -0.05) is 11.6 Å². The van der Waals surface area contributed by atoms with Gasteiger partial charge in [-0.25, -0.2) is 0 Å². The third-order valence-corrected chi connectivity index (χ3v) is 5.72. The van der Waals surface area contributed by atoms with E-state index in [2.05, 4.69) is 0 Å². The van der Waals surface area contributed by atoms with Gasteiger partial charge in [0.05, 0.1) is 23.8 Å². The Morgan fingerprint density at radius 3 is 2.35 bits per heavy atom. The second kappa shape index (κ2) is 9.65. The SMILES string of the molecule is CCOc1ccc(N2C(=O)C(=O)/C(=C(\O)c3ccc(Cl)c(OCC)c3)C2c2ccc(C)o2)cc1. The summed E-state index contributed by atoms with van der Waals surface area (Å²) in [6.07, 6.45) is 0. The second-order valence-electron chi connectivity index (χ2n) is 7.62. The first-order valence-electron chi connectivity index (χ1n) is 10.9. The van der Waals surface area contributed by atoms with E-state index in [1.54, 1.807) is 55.5 Å². The van der Waals surface area contributed by atoms with Gasteiger partial charge < -0.3 is 19.0 Å². The van der Waals surface area contributed by atoms with Crippen LogP contribution in [0.15, 0.2) is 64.6 Å². The Morgan fingerprint density at radius 2 is 1.74 bits per heavy atom. The van der Waals surface area contributed by atoms with E-state index in [0.717, 1.165) is 0 Å².